The molecule has 0 saturated carbocycles. The molecule has 0 saturated heterocycles. The lowest BCUT2D eigenvalue weighted by Gasteiger charge is -2.05. The van der Waals surface area contributed by atoms with E-state index >= 15 is 0 Å². The highest BCUT2D eigenvalue weighted by atomic mass is 32.2. The summed E-state index contributed by atoms with van der Waals surface area (Å²) in [5.41, 5.74) is 6.16. The molecule has 0 fully saturated rings. The van der Waals surface area contributed by atoms with Gasteiger partial charge in [-0.2, -0.15) is 0 Å². The number of nitrogens with one attached hydrogen (secondary N) is 1. The lowest BCUT2D eigenvalue weighted by atomic mass is 10.3. The van der Waals surface area contributed by atoms with Gasteiger partial charge in [-0.15, -0.1) is 11.8 Å². The zero-order chi connectivity index (χ0) is 11.8. The Bertz CT molecular complexity index is 343. The van der Waals surface area contributed by atoms with Crippen molar-refractivity contribution in [3.05, 3.63) is 30.3 Å². The number of aldehydes is 1. The molecule has 0 radical (unpaired) electrons. The van der Waals surface area contributed by atoms with Crippen molar-refractivity contribution in [3.63, 3.8) is 0 Å². The van der Waals surface area contributed by atoms with Gasteiger partial charge in [-0.05, 0) is 12.1 Å². The molecule has 0 aromatic heterocycles. The third kappa shape index (κ3) is 4.95. The lowest BCUT2D eigenvalue weighted by molar-refractivity contribution is -0.114. The molecular formula is C11H14N2O2S. The van der Waals surface area contributed by atoms with Crippen LogP contribution in [0.2, 0.25) is 0 Å². The van der Waals surface area contributed by atoms with Crippen LogP contribution in [0.25, 0.3) is 0 Å². The van der Waals surface area contributed by atoms with E-state index in [2.05, 4.69) is 5.32 Å². The van der Waals surface area contributed by atoms with Crippen LogP contribution < -0.4 is 11.1 Å². The molecule has 4 nitrogen and oxygen atoms in total. The molecule has 3 N–H and O–H groups in total. The monoisotopic (exact) mass is 238 g/mol. The zero-order valence-corrected chi connectivity index (χ0v) is 9.57. The second-order valence-electron chi connectivity index (χ2n) is 3.23. The van der Waals surface area contributed by atoms with Crippen LogP contribution in [-0.4, -0.2) is 29.7 Å². The molecule has 0 aliphatic heterocycles. The van der Waals surface area contributed by atoms with E-state index in [4.69, 9.17) is 5.73 Å². The van der Waals surface area contributed by atoms with E-state index in [1.54, 1.807) is 0 Å². The summed E-state index contributed by atoms with van der Waals surface area (Å²) in [6.07, 6.45) is 0.683. The van der Waals surface area contributed by atoms with Gasteiger partial charge in [0.15, 0.2) is 0 Å². The maximum Gasteiger partial charge on any atom is 0.234 e. The summed E-state index contributed by atoms with van der Waals surface area (Å²) in [5.74, 6) is 0.677. The van der Waals surface area contributed by atoms with Crippen LogP contribution in [0.1, 0.15) is 0 Å². The fourth-order valence-electron chi connectivity index (χ4n) is 1.05. The number of amides is 1. The highest BCUT2D eigenvalue weighted by molar-refractivity contribution is 8.00. The van der Waals surface area contributed by atoms with Crippen LogP contribution in [-0.2, 0) is 9.59 Å². The number of thioether (sulfide) groups is 1. The summed E-state index contributed by atoms with van der Waals surface area (Å²) in [5, 5.41) is 2.74. The van der Waals surface area contributed by atoms with Crippen LogP contribution >= 0.6 is 11.8 Å². The van der Waals surface area contributed by atoms with Crippen LogP contribution in [0, 0.1) is 0 Å². The van der Waals surface area contributed by atoms with Crippen molar-refractivity contribution in [1.29, 1.82) is 0 Å². The standard InChI is InChI=1S/C11H14N2O2S/c12-9(6-14)7-16-8-11(15)13-10-4-2-1-3-5-10/h1-6,9H,7-8,12H2,(H,13,15)/t9-/m1/s1. The van der Waals surface area contributed by atoms with Gasteiger partial charge in [0.25, 0.3) is 0 Å². The molecule has 86 valence electrons. The van der Waals surface area contributed by atoms with Crippen LogP contribution in [0.15, 0.2) is 30.3 Å². The van der Waals surface area contributed by atoms with Crippen LogP contribution in [0.5, 0.6) is 0 Å². The number of carbonyl (C=O) groups is 2. The van der Waals surface area contributed by atoms with Crippen molar-refractivity contribution in [3.8, 4) is 0 Å². The third-order valence-corrected chi connectivity index (χ3v) is 2.86. The average Bonchev–Trinajstić information content (AvgIpc) is 2.30. The van der Waals surface area contributed by atoms with Crippen molar-refractivity contribution in [2.45, 2.75) is 6.04 Å². The maximum absolute atomic E-state index is 11.4. The van der Waals surface area contributed by atoms with E-state index in [0.29, 0.717) is 17.8 Å². The second kappa shape index (κ2) is 7.03. The van der Waals surface area contributed by atoms with Gasteiger partial charge in [0.2, 0.25) is 5.91 Å². The Balaban J connectivity index is 2.24. The Morgan fingerprint density at radius 2 is 2.12 bits per heavy atom. The number of nitrogens with two attached hydrogens (primary N) is 1. The van der Waals surface area contributed by atoms with Crippen LogP contribution in [0.4, 0.5) is 5.69 Å². The number of benzene rings is 1. The molecule has 1 atom stereocenters. The van der Waals surface area contributed by atoms with Crippen molar-refractivity contribution in [1.82, 2.24) is 0 Å². The molecule has 1 amide bonds. The third-order valence-electron chi connectivity index (χ3n) is 1.78. The highest BCUT2D eigenvalue weighted by Crippen LogP contribution is 2.07. The van der Waals surface area contributed by atoms with Gasteiger partial charge >= 0.3 is 0 Å². The number of carbonyl (C=O) groups excluding carboxylic acids is 2. The Hall–Kier alpha value is -1.33. The maximum atomic E-state index is 11.4. The first-order valence-electron chi connectivity index (χ1n) is 4.86. The number of anilines is 1. The van der Waals surface area contributed by atoms with Crippen molar-refractivity contribution in [2.75, 3.05) is 16.8 Å². The van der Waals surface area contributed by atoms with Gasteiger partial charge < -0.3 is 15.8 Å². The minimum atomic E-state index is -0.491. The summed E-state index contributed by atoms with van der Waals surface area (Å²) < 4.78 is 0. The van der Waals surface area contributed by atoms with Gasteiger partial charge in [-0.3, -0.25) is 4.79 Å². The molecule has 0 aliphatic rings. The number of hydrogen-bond donors (Lipinski definition) is 2. The molecule has 0 spiro atoms. The molecule has 0 heterocycles. The minimum Gasteiger partial charge on any atom is -0.325 e. The summed E-state index contributed by atoms with van der Waals surface area (Å²) in [4.78, 5) is 21.7. The first kappa shape index (κ1) is 12.7. The first-order chi connectivity index (χ1) is 7.72. The van der Waals surface area contributed by atoms with E-state index < -0.39 is 6.04 Å². The van der Waals surface area contributed by atoms with E-state index in [9.17, 15) is 9.59 Å². The molecular weight excluding hydrogens is 224 g/mol. The van der Waals surface area contributed by atoms with Gasteiger partial charge in [-0.25, -0.2) is 0 Å². The van der Waals surface area contributed by atoms with E-state index in [1.165, 1.54) is 11.8 Å². The summed E-state index contributed by atoms with van der Waals surface area (Å²) in [7, 11) is 0. The topological polar surface area (TPSA) is 72.2 Å². The fraction of sp³-hybridized carbons (Fsp3) is 0.273. The van der Waals surface area contributed by atoms with Gasteiger partial charge in [0, 0.05) is 11.4 Å². The average molecular weight is 238 g/mol. The first-order valence-corrected chi connectivity index (χ1v) is 6.01. The minimum absolute atomic E-state index is 0.0886. The number of para-hydroxylation sites is 1. The van der Waals surface area contributed by atoms with E-state index in [-0.39, 0.29) is 5.91 Å². The molecule has 0 bridgehead atoms. The number of hydrogen-bond acceptors (Lipinski definition) is 4. The summed E-state index contributed by atoms with van der Waals surface area (Å²) in [6, 6.07) is 8.73. The fourth-order valence-corrected chi connectivity index (χ4v) is 1.77. The molecule has 1 aromatic rings. The smallest absolute Gasteiger partial charge is 0.234 e. The number of rotatable bonds is 6. The van der Waals surface area contributed by atoms with Crippen molar-refractivity contribution >= 4 is 29.6 Å². The van der Waals surface area contributed by atoms with E-state index in [0.717, 1.165) is 5.69 Å². The van der Waals surface area contributed by atoms with Gasteiger partial charge in [0.05, 0.1) is 11.8 Å². The molecule has 0 aliphatic carbocycles. The predicted molar refractivity (Wildman–Crippen MR) is 66.4 cm³/mol. The van der Waals surface area contributed by atoms with Crippen molar-refractivity contribution < 1.29 is 9.59 Å². The predicted octanol–water partition coefficient (Wildman–Crippen LogP) is 0.884. The van der Waals surface area contributed by atoms with Gasteiger partial charge in [-0.1, -0.05) is 18.2 Å². The van der Waals surface area contributed by atoms with Gasteiger partial charge in [0.1, 0.15) is 6.29 Å². The molecule has 0 unspecified atom stereocenters. The second-order valence-corrected chi connectivity index (χ2v) is 4.26. The van der Waals surface area contributed by atoms with Crippen molar-refractivity contribution in [2.24, 2.45) is 5.73 Å². The Morgan fingerprint density at radius 3 is 2.75 bits per heavy atom. The Labute approximate surface area is 98.6 Å². The van der Waals surface area contributed by atoms with E-state index in [1.807, 2.05) is 30.3 Å². The Morgan fingerprint density at radius 1 is 1.44 bits per heavy atom. The highest BCUT2D eigenvalue weighted by Gasteiger charge is 2.04. The molecule has 1 aromatic carbocycles. The summed E-state index contributed by atoms with van der Waals surface area (Å²) >= 11 is 1.34. The molecule has 5 heteroatoms. The normalized spacial score (nSPS) is 11.8. The SMILES string of the molecule is N[C@H](C=O)CSCC(=O)Nc1ccccc1. The largest absolute Gasteiger partial charge is 0.325 e. The Kier molecular flexibility index (Phi) is 5.60. The summed E-state index contributed by atoms with van der Waals surface area (Å²) in [6.45, 7) is 0. The van der Waals surface area contributed by atoms with Crippen LogP contribution in [0.3, 0.4) is 0 Å². The molecule has 16 heavy (non-hydrogen) atoms. The molecule has 1 rings (SSSR count). The lowest BCUT2D eigenvalue weighted by Crippen LogP contribution is -2.25. The quantitative estimate of drug-likeness (QED) is 0.722. The zero-order valence-electron chi connectivity index (χ0n) is 8.76.